The smallest absolute Gasteiger partial charge is 0.250 e. The van der Waals surface area contributed by atoms with Crippen LogP contribution in [0.25, 0.3) is 5.69 Å². The Morgan fingerprint density at radius 3 is 2.65 bits per heavy atom. The number of para-hydroxylation sites is 1. The van der Waals surface area contributed by atoms with Crippen molar-refractivity contribution in [3.63, 3.8) is 0 Å². The maximum absolute atomic E-state index is 4.23. The zero-order valence-electron chi connectivity index (χ0n) is 12.9. The second-order valence-corrected chi connectivity index (χ2v) is 5.92. The van der Waals surface area contributed by atoms with Crippen LogP contribution in [0.3, 0.4) is 0 Å². The van der Waals surface area contributed by atoms with Gasteiger partial charge in [0.1, 0.15) is 0 Å². The Labute approximate surface area is 134 Å². The first-order valence-electron chi connectivity index (χ1n) is 7.94. The van der Waals surface area contributed by atoms with Crippen LogP contribution in [0, 0.1) is 5.92 Å². The molecule has 1 fully saturated rings. The summed E-state index contributed by atoms with van der Waals surface area (Å²) in [4.78, 5) is 6.39. The van der Waals surface area contributed by atoms with Crippen LogP contribution in [0.4, 0.5) is 5.95 Å². The van der Waals surface area contributed by atoms with Crippen molar-refractivity contribution >= 4 is 5.95 Å². The fraction of sp³-hybridized carbons (Fsp3) is 0.375. The maximum atomic E-state index is 4.23. The van der Waals surface area contributed by atoms with Crippen molar-refractivity contribution in [2.45, 2.75) is 19.4 Å². The second kappa shape index (κ2) is 6.20. The number of hydrogen-bond donors (Lipinski definition) is 0. The Balaban J connectivity index is 1.44. The van der Waals surface area contributed by atoms with Gasteiger partial charge in [0.15, 0.2) is 0 Å². The Kier molecular flexibility index (Phi) is 3.75. The molecule has 118 valence electrons. The maximum Gasteiger partial charge on any atom is 0.250 e. The monoisotopic (exact) mass is 309 g/mol. The Morgan fingerprint density at radius 1 is 1.09 bits per heavy atom. The van der Waals surface area contributed by atoms with Crippen LogP contribution < -0.4 is 4.90 Å². The van der Waals surface area contributed by atoms with Gasteiger partial charge in [0.05, 0.1) is 12.0 Å². The van der Waals surface area contributed by atoms with Crippen LogP contribution in [-0.2, 0) is 6.54 Å². The molecular formula is C16H19N7. The number of hydrogen-bond acceptors (Lipinski definition) is 5. The number of tetrazole rings is 1. The SMILES string of the molecule is c1ccc(-n2nnnc2N2CCC(Cn3ccnc3)CC2)cc1. The molecule has 0 saturated carbocycles. The highest BCUT2D eigenvalue weighted by Gasteiger charge is 2.23. The van der Waals surface area contributed by atoms with E-state index in [-0.39, 0.29) is 0 Å². The first-order valence-corrected chi connectivity index (χ1v) is 7.94. The van der Waals surface area contributed by atoms with E-state index in [1.54, 1.807) is 0 Å². The molecule has 2 aromatic heterocycles. The standard InChI is InChI=1S/C16H19N7/c1-2-4-15(5-3-1)23-16(18-19-20-23)22-9-6-14(7-10-22)12-21-11-8-17-13-21/h1-5,8,11,13-14H,6-7,9-10,12H2. The van der Waals surface area contributed by atoms with Gasteiger partial charge in [-0.3, -0.25) is 0 Å². The van der Waals surface area contributed by atoms with Crippen LogP contribution in [-0.4, -0.2) is 42.8 Å². The molecular weight excluding hydrogens is 290 g/mol. The number of benzene rings is 1. The molecule has 7 heteroatoms. The van der Waals surface area contributed by atoms with Crippen molar-refractivity contribution in [1.29, 1.82) is 0 Å². The summed E-state index contributed by atoms with van der Waals surface area (Å²) >= 11 is 0. The lowest BCUT2D eigenvalue weighted by Gasteiger charge is -2.32. The summed E-state index contributed by atoms with van der Waals surface area (Å²) in [5.41, 5.74) is 0.994. The topological polar surface area (TPSA) is 64.7 Å². The summed E-state index contributed by atoms with van der Waals surface area (Å²) in [6, 6.07) is 10.0. The van der Waals surface area contributed by atoms with E-state index in [1.165, 1.54) is 0 Å². The van der Waals surface area contributed by atoms with Gasteiger partial charge in [-0.1, -0.05) is 23.3 Å². The van der Waals surface area contributed by atoms with E-state index in [4.69, 9.17) is 0 Å². The predicted molar refractivity (Wildman–Crippen MR) is 86.3 cm³/mol. The fourth-order valence-electron chi connectivity index (χ4n) is 3.12. The number of rotatable bonds is 4. The Bertz CT molecular complexity index is 727. The van der Waals surface area contributed by atoms with Crippen molar-refractivity contribution in [1.82, 2.24) is 29.8 Å². The van der Waals surface area contributed by atoms with Crippen molar-refractivity contribution < 1.29 is 0 Å². The van der Waals surface area contributed by atoms with Gasteiger partial charge in [-0.25, -0.2) is 4.98 Å². The van der Waals surface area contributed by atoms with Gasteiger partial charge < -0.3 is 9.47 Å². The summed E-state index contributed by atoms with van der Waals surface area (Å²) in [6.45, 7) is 3.00. The molecule has 0 N–H and O–H groups in total. The molecule has 23 heavy (non-hydrogen) atoms. The Hall–Kier alpha value is -2.70. The van der Waals surface area contributed by atoms with Gasteiger partial charge in [0, 0.05) is 32.0 Å². The lowest BCUT2D eigenvalue weighted by atomic mass is 9.97. The molecule has 7 nitrogen and oxygen atoms in total. The number of anilines is 1. The van der Waals surface area contributed by atoms with E-state index in [2.05, 4.69) is 30.0 Å². The van der Waals surface area contributed by atoms with Crippen LogP contribution in [0.15, 0.2) is 49.1 Å². The van der Waals surface area contributed by atoms with Crippen LogP contribution in [0.1, 0.15) is 12.8 Å². The van der Waals surface area contributed by atoms with Crippen molar-refractivity contribution in [2.24, 2.45) is 5.92 Å². The van der Waals surface area contributed by atoms with Crippen molar-refractivity contribution in [3.05, 3.63) is 49.1 Å². The molecule has 1 aliphatic rings. The van der Waals surface area contributed by atoms with Crippen LogP contribution >= 0.6 is 0 Å². The summed E-state index contributed by atoms with van der Waals surface area (Å²) < 4.78 is 3.98. The third-order valence-electron chi connectivity index (χ3n) is 4.38. The molecule has 4 rings (SSSR count). The number of imidazole rings is 1. The van der Waals surface area contributed by atoms with Crippen LogP contribution in [0.2, 0.25) is 0 Å². The van der Waals surface area contributed by atoms with Crippen molar-refractivity contribution in [2.75, 3.05) is 18.0 Å². The zero-order chi connectivity index (χ0) is 15.5. The molecule has 0 radical (unpaired) electrons. The highest BCUT2D eigenvalue weighted by atomic mass is 15.6. The molecule has 1 saturated heterocycles. The van der Waals surface area contributed by atoms with E-state index in [1.807, 2.05) is 53.7 Å². The van der Waals surface area contributed by atoms with Gasteiger partial charge in [0.2, 0.25) is 5.95 Å². The summed E-state index contributed by atoms with van der Waals surface area (Å²) in [7, 11) is 0. The summed E-state index contributed by atoms with van der Waals surface area (Å²) in [5.74, 6) is 1.51. The van der Waals surface area contributed by atoms with E-state index in [9.17, 15) is 0 Å². The third-order valence-corrected chi connectivity index (χ3v) is 4.38. The molecule has 1 aromatic carbocycles. The first kappa shape index (κ1) is 13.9. The van der Waals surface area contributed by atoms with E-state index >= 15 is 0 Å². The largest absolute Gasteiger partial charge is 0.339 e. The fourth-order valence-corrected chi connectivity index (χ4v) is 3.12. The normalized spacial score (nSPS) is 15.9. The quantitative estimate of drug-likeness (QED) is 0.735. The number of nitrogens with zero attached hydrogens (tertiary/aromatic N) is 7. The summed E-state index contributed by atoms with van der Waals surface area (Å²) in [5, 5.41) is 12.2. The number of aromatic nitrogens is 6. The minimum absolute atomic E-state index is 0.682. The van der Waals surface area contributed by atoms with Gasteiger partial charge in [-0.2, -0.15) is 4.68 Å². The highest BCUT2D eigenvalue weighted by Crippen LogP contribution is 2.24. The third kappa shape index (κ3) is 2.94. The lowest BCUT2D eigenvalue weighted by Crippen LogP contribution is -2.36. The molecule has 3 aromatic rings. The van der Waals surface area contributed by atoms with Gasteiger partial charge in [-0.05, 0) is 41.3 Å². The number of piperidine rings is 1. The van der Waals surface area contributed by atoms with Crippen LogP contribution in [0.5, 0.6) is 0 Å². The van der Waals surface area contributed by atoms with Gasteiger partial charge >= 0.3 is 0 Å². The Morgan fingerprint density at radius 2 is 1.91 bits per heavy atom. The molecule has 0 atom stereocenters. The average Bonchev–Trinajstić information content (AvgIpc) is 3.28. The highest BCUT2D eigenvalue weighted by molar-refractivity contribution is 5.40. The molecule has 0 amide bonds. The summed E-state index contributed by atoms with van der Waals surface area (Å²) in [6.07, 6.45) is 8.04. The van der Waals surface area contributed by atoms with Crippen molar-refractivity contribution in [3.8, 4) is 5.69 Å². The van der Waals surface area contributed by atoms with E-state index < -0.39 is 0 Å². The molecule has 0 spiro atoms. The first-order chi connectivity index (χ1) is 11.4. The molecule has 1 aliphatic heterocycles. The van der Waals surface area contributed by atoms with E-state index in [0.29, 0.717) is 5.92 Å². The van der Waals surface area contributed by atoms with E-state index in [0.717, 1.165) is 44.1 Å². The molecule has 0 aliphatic carbocycles. The minimum atomic E-state index is 0.682. The molecule has 3 heterocycles. The lowest BCUT2D eigenvalue weighted by molar-refractivity contribution is 0.354. The van der Waals surface area contributed by atoms with Gasteiger partial charge in [-0.15, -0.1) is 0 Å². The van der Waals surface area contributed by atoms with Gasteiger partial charge in [0.25, 0.3) is 0 Å². The molecule has 0 bridgehead atoms. The zero-order valence-corrected chi connectivity index (χ0v) is 12.9. The second-order valence-electron chi connectivity index (χ2n) is 5.92. The average molecular weight is 309 g/mol. The predicted octanol–water partition coefficient (Wildman–Crippen LogP) is 1.78. The molecule has 0 unspecified atom stereocenters. The minimum Gasteiger partial charge on any atom is -0.339 e.